The van der Waals surface area contributed by atoms with Crippen LogP contribution in [-0.2, 0) is 6.61 Å². The highest BCUT2D eigenvalue weighted by Crippen LogP contribution is 2.17. The van der Waals surface area contributed by atoms with Gasteiger partial charge in [0.15, 0.2) is 5.75 Å². The van der Waals surface area contributed by atoms with Gasteiger partial charge in [-0.25, -0.2) is 9.18 Å². The molecular weight excluding hydrogens is 239 g/mol. The number of rotatable bonds is 4. The molecule has 0 aromatic carbocycles. The van der Waals surface area contributed by atoms with Crippen LogP contribution in [0, 0.1) is 5.82 Å². The number of carboxylic acid groups (broad SMARTS) is 1. The second-order valence-corrected chi connectivity index (χ2v) is 3.48. The maximum absolute atomic E-state index is 12.9. The lowest BCUT2D eigenvalue weighted by Crippen LogP contribution is -2.04. The van der Waals surface area contributed by atoms with Gasteiger partial charge in [-0.15, -0.1) is 0 Å². The number of pyridine rings is 2. The van der Waals surface area contributed by atoms with Gasteiger partial charge in [-0.3, -0.25) is 9.97 Å². The van der Waals surface area contributed by atoms with Gasteiger partial charge in [0.2, 0.25) is 0 Å². The number of carbonyl (C=O) groups is 1. The van der Waals surface area contributed by atoms with Crippen LogP contribution in [-0.4, -0.2) is 21.0 Å². The van der Waals surface area contributed by atoms with Crippen molar-refractivity contribution in [1.82, 2.24) is 9.97 Å². The van der Waals surface area contributed by atoms with Crippen molar-refractivity contribution in [2.45, 2.75) is 6.61 Å². The molecule has 0 aliphatic rings. The van der Waals surface area contributed by atoms with Crippen molar-refractivity contribution in [2.24, 2.45) is 0 Å². The zero-order chi connectivity index (χ0) is 13.0. The number of aromatic nitrogens is 2. The van der Waals surface area contributed by atoms with Crippen molar-refractivity contribution in [3.63, 3.8) is 0 Å². The molecule has 0 unspecified atom stereocenters. The molecule has 0 spiro atoms. The molecule has 0 bridgehead atoms. The summed E-state index contributed by atoms with van der Waals surface area (Å²) in [5.41, 5.74) is 0.518. The molecule has 18 heavy (non-hydrogen) atoms. The lowest BCUT2D eigenvalue weighted by Gasteiger charge is -2.08. The quantitative estimate of drug-likeness (QED) is 0.894. The lowest BCUT2D eigenvalue weighted by molar-refractivity contribution is 0.0691. The largest absolute Gasteiger partial charge is 0.486 e. The first-order valence-corrected chi connectivity index (χ1v) is 5.06. The summed E-state index contributed by atoms with van der Waals surface area (Å²) in [6.45, 7) is 0.0245. The summed E-state index contributed by atoms with van der Waals surface area (Å²) in [6, 6.07) is 2.60. The van der Waals surface area contributed by atoms with Crippen LogP contribution in [0.4, 0.5) is 4.39 Å². The van der Waals surface area contributed by atoms with Crippen molar-refractivity contribution in [3.8, 4) is 5.75 Å². The van der Waals surface area contributed by atoms with Gasteiger partial charge in [0.05, 0.1) is 12.4 Å². The second kappa shape index (κ2) is 5.22. The molecule has 5 nitrogen and oxygen atoms in total. The molecule has 1 N–H and O–H groups in total. The third kappa shape index (κ3) is 2.79. The topological polar surface area (TPSA) is 72.3 Å². The fourth-order valence-electron chi connectivity index (χ4n) is 1.37. The predicted molar refractivity (Wildman–Crippen MR) is 59.7 cm³/mol. The third-order valence-electron chi connectivity index (χ3n) is 2.17. The van der Waals surface area contributed by atoms with Crippen molar-refractivity contribution in [2.75, 3.05) is 0 Å². The molecule has 2 rings (SSSR count). The van der Waals surface area contributed by atoms with Crippen LogP contribution < -0.4 is 4.74 Å². The monoisotopic (exact) mass is 248 g/mol. The van der Waals surface area contributed by atoms with Crippen molar-refractivity contribution in [3.05, 3.63) is 53.9 Å². The van der Waals surface area contributed by atoms with E-state index in [1.165, 1.54) is 30.7 Å². The summed E-state index contributed by atoms with van der Waals surface area (Å²) in [5.74, 6) is -1.44. The van der Waals surface area contributed by atoms with Gasteiger partial charge in [-0.05, 0) is 12.1 Å². The average Bonchev–Trinajstić information content (AvgIpc) is 2.37. The molecule has 2 aromatic rings. The number of aromatic carboxylic acids is 1. The van der Waals surface area contributed by atoms with Crippen LogP contribution in [0.2, 0.25) is 0 Å². The van der Waals surface area contributed by atoms with E-state index in [1.807, 2.05) is 0 Å². The highest BCUT2D eigenvalue weighted by molar-refractivity contribution is 5.90. The Kier molecular flexibility index (Phi) is 3.47. The standard InChI is InChI=1S/C12H9FN2O3/c13-9-3-8(4-15-5-9)7-18-11-6-14-2-1-10(11)12(16)17/h1-6H,7H2,(H,16,17). The number of carboxylic acids is 1. The summed E-state index contributed by atoms with van der Waals surface area (Å²) in [6.07, 6.45) is 5.19. The van der Waals surface area contributed by atoms with E-state index in [1.54, 1.807) is 0 Å². The third-order valence-corrected chi connectivity index (χ3v) is 2.17. The van der Waals surface area contributed by atoms with Crippen LogP contribution in [0.1, 0.15) is 15.9 Å². The number of ether oxygens (including phenoxy) is 1. The maximum Gasteiger partial charge on any atom is 0.339 e. The van der Waals surface area contributed by atoms with Crippen molar-refractivity contribution in [1.29, 1.82) is 0 Å². The molecule has 0 radical (unpaired) electrons. The Hall–Kier alpha value is -2.50. The molecule has 6 heteroatoms. The van der Waals surface area contributed by atoms with Crippen LogP contribution >= 0.6 is 0 Å². The number of hydrogen-bond acceptors (Lipinski definition) is 4. The molecule has 0 saturated heterocycles. The Bertz CT molecular complexity index is 575. The molecule has 0 aliphatic carbocycles. The Labute approximate surface area is 102 Å². The van der Waals surface area contributed by atoms with E-state index in [-0.39, 0.29) is 17.9 Å². The first kappa shape index (κ1) is 12.0. The molecule has 92 valence electrons. The number of hydrogen-bond donors (Lipinski definition) is 1. The van der Waals surface area contributed by atoms with Gasteiger partial charge in [0.1, 0.15) is 18.0 Å². The summed E-state index contributed by atoms with van der Waals surface area (Å²) in [4.78, 5) is 18.4. The van der Waals surface area contributed by atoms with E-state index in [9.17, 15) is 9.18 Å². The van der Waals surface area contributed by atoms with Gasteiger partial charge < -0.3 is 9.84 Å². The molecular formula is C12H9FN2O3. The molecule has 0 fully saturated rings. The SMILES string of the molecule is O=C(O)c1ccncc1OCc1cncc(F)c1. The van der Waals surface area contributed by atoms with Gasteiger partial charge in [0, 0.05) is 18.0 Å². The minimum atomic E-state index is -1.11. The minimum Gasteiger partial charge on any atom is -0.486 e. The molecule has 2 heterocycles. The zero-order valence-electron chi connectivity index (χ0n) is 9.21. The maximum atomic E-state index is 12.9. The number of nitrogens with zero attached hydrogens (tertiary/aromatic N) is 2. The van der Waals surface area contributed by atoms with Gasteiger partial charge in [-0.2, -0.15) is 0 Å². The van der Waals surface area contributed by atoms with E-state index >= 15 is 0 Å². The summed E-state index contributed by atoms with van der Waals surface area (Å²) in [5, 5.41) is 8.93. The Morgan fingerprint density at radius 2 is 2.17 bits per heavy atom. The smallest absolute Gasteiger partial charge is 0.339 e. The van der Waals surface area contributed by atoms with Crippen LogP contribution in [0.5, 0.6) is 5.75 Å². The summed E-state index contributed by atoms with van der Waals surface area (Å²) in [7, 11) is 0. The average molecular weight is 248 g/mol. The zero-order valence-corrected chi connectivity index (χ0v) is 9.21. The normalized spacial score (nSPS) is 10.1. The Morgan fingerprint density at radius 1 is 1.33 bits per heavy atom. The first-order valence-electron chi connectivity index (χ1n) is 5.06. The van der Waals surface area contributed by atoms with E-state index in [4.69, 9.17) is 9.84 Å². The second-order valence-electron chi connectivity index (χ2n) is 3.48. The van der Waals surface area contributed by atoms with E-state index in [0.717, 1.165) is 6.20 Å². The van der Waals surface area contributed by atoms with E-state index in [2.05, 4.69) is 9.97 Å². The first-order chi connectivity index (χ1) is 8.66. The highest BCUT2D eigenvalue weighted by Gasteiger charge is 2.10. The molecule has 0 atom stereocenters. The highest BCUT2D eigenvalue weighted by atomic mass is 19.1. The Morgan fingerprint density at radius 3 is 2.89 bits per heavy atom. The van der Waals surface area contributed by atoms with E-state index < -0.39 is 11.8 Å². The fourth-order valence-corrected chi connectivity index (χ4v) is 1.37. The molecule has 0 saturated carbocycles. The summed E-state index contributed by atoms with van der Waals surface area (Å²) >= 11 is 0. The van der Waals surface area contributed by atoms with Crippen LogP contribution in [0.3, 0.4) is 0 Å². The van der Waals surface area contributed by atoms with Crippen LogP contribution in [0.25, 0.3) is 0 Å². The fraction of sp³-hybridized carbons (Fsp3) is 0.0833. The molecule has 2 aromatic heterocycles. The Balaban J connectivity index is 2.13. The molecule has 0 amide bonds. The van der Waals surface area contributed by atoms with Crippen LogP contribution in [0.15, 0.2) is 36.9 Å². The van der Waals surface area contributed by atoms with Gasteiger partial charge in [0.25, 0.3) is 0 Å². The van der Waals surface area contributed by atoms with Gasteiger partial charge in [-0.1, -0.05) is 0 Å². The summed E-state index contributed by atoms with van der Waals surface area (Å²) < 4.78 is 18.2. The lowest BCUT2D eigenvalue weighted by atomic mass is 10.2. The van der Waals surface area contributed by atoms with Crippen molar-refractivity contribution >= 4 is 5.97 Å². The predicted octanol–water partition coefficient (Wildman–Crippen LogP) is 1.89. The number of halogens is 1. The van der Waals surface area contributed by atoms with E-state index in [0.29, 0.717) is 5.56 Å². The molecule has 0 aliphatic heterocycles. The van der Waals surface area contributed by atoms with Crippen molar-refractivity contribution < 1.29 is 19.0 Å². The van der Waals surface area contributed by atoms with Gasteiger partial charge >= 0.3 is 5.97 Å². The minimum absolute atomic E-state index is 0.00867.